The largest absolute Gasteiger partial charge is 0.492 e. The van der Waals surface area contributed by atoms with E-state index in [1.165, 1.54) is 12.8 Å². The van der Waals surface area contributed by atoms with Gasteiger partial charge in [-0.1, -0.05) is 18.2 Å². The van der Waals surface area contributed by atoms with E-state index in [9.17, 15) is 0 Å². The van der Waals surface area contributed by atoms with E-state index in [2.05, 4.69) is 18.0 Å². The zero-order valence-corrected chi connectivity index (χ0v) is 12.1. The van der Waals surface area contributed by atoms with Crippen LogP contribution in [0.5, 0.6) is 5.75 Å². The molecule has 0 saturated heterocycles. The van der Waals surface area contributed by atoms with Crippen molar-refractivity contribution in [3.8, 4) is 5.75 Å². The third-order valence-corrected chi connectivity index (χ3v) is 4.31. The zero-order valence-electron chi connectivity index (χ0n) is 12.1. The number of likely N-dealkylation sites (N-methyl/N-ethyl adjacent to an activating group) is 1. The summed E-state index contributed by atoms with van der Waals surface area (Å²) in [5, 5.41) is 0. The second kappa shape index (κ2) is 6.12. The third-order valence-electron chi connectivity index (χ3n) is 4.31. The van der Waals surface area contributed by atoms with E-state index in [0.717, 1.165) is 37.0 Å². The summed E-state index contributed by atoms with van der Waals surface area (Å²) in [5.41, 5.74) is 7.50. The Kier molecular flexibility index (Phi) is 4.24. The van der Waals surface area contributed by atoms with Gasteiger partial charge in [-0.3, -0.25) is 4.90 Å². The average molecular weight is 276 g/mol. The molecule has 1 aromatic carbocycles. The number of hydrogen-bond donors (Lipinski definition) is 1. The lowest BCUT2D eigenvalue weighted by molar-refractivity contribution is 0.0659. The first-order chi connectivity index (χ1) is 9.75. The SMILES string of the molecule is CN(CCOCC1CC1)C1COc2ccccc2C1N. The summed E-state index contributed by atoms with van der Waals surface area (Å²) in [4.78, 5) is 2.26. The van der Waals surface area contributed by atoms with Crippen molar-refractivity contribution in [3.63, 3.8) is 0 Å². The van der Waals surface area contributed by atoms with Gasteiger partial charge in [0.15, 0.2) is 0 Å². The van der Waals surface area contributed by atoms with Gasteiger partial charge < -0.3 is 15.2 Å². The van der Waals surface area contributed by atoms with Gasteiger partial charge >= 0.3 is 0 Å². The smallest absolute Gasteiger partial charge is 0.124 e. The first-order valence-corrected chi connectivity index (χ1v) is 7.51. The van der Waals surface area contributed by atoms with E-state index in [-0.39, 0.29) is 12.1 Å². The van der Waals surface area contributed by atoms with E-state index < -0.39 is 0 Å². The van der Waals surface area contributed by atoms with Gasteiger partial charge in [-0.25, -0.2) is 0 Å². The summed E-state index contributed by atoms with van der Waals surface area (Å²) in [6, 6.07) is 8.28. The molecule has 0 aromatic heterocycles. The molecular weight excluding hydrogens is 252 g/mol. The number of hydrogen-bond acceptors (Lipinski definition) is 4. The summed E-state index contributed by atoms with van der Waals surface area (Å²) < 4.78 is 11.5. The van der Waals surface area contributed by atoms with Crippen molar-refractivity contribution in [2.45, 2.75) is 24.9 Å². The van der Waals surface area contributed by atoms with Crippen molar-refractivity contribution >= 4 is 0 Å². The first-order valence-electron chi connectivity index (χ1n) is 7.51. The molecular formula is C16H24N2O2. The number of nitrogens with two attached hydrogens (primary N) is 1. The Balaban J connectivity index is 1.51. The predicted molar refractivity (Wildman–Crippen MR) is 78.8 cm³/mol. The maximum atomic E-state index is 6.39. The summed E-state index contributed by atoms with van der Waals surface area (Å²) in [6.45, 7) is 3.25. The van der Waals surface area contributed by atoms with Crippen molar-refractivity contribution in [2.75, 3.05) is 33.4 Å². The van der Waals surface area contributed by atoms with Crippen LogP contribution >= 0.6 is 0 Å². The monoisotopic (exact) mass is 276 g/mol. The maximum absolute atomic E-state index is 6.39. The van der Waals surface area contributed by atoms with Gasteiger partial charge in [0, 0.05) is 18.7 Å². The zero-order chi connectivity index (χ0) is 13.9. The van der Waals surface area contributed by atoms with E-state index in [1.54, 1.807) is 0 Å². The number of benzene rings is 1. The standard InChI is InChI=1S/C16H24N2O2/c1-18(8-9-19-10-12-6-7-12)14-11-20-15-5-3-2-4-13(15)16(14)17/h2-5,12,14,16H,6-11,17H2,1H3. The van der Waals surface area contributed by atoms with Crippen molar-refractivity contribution in [1.82, 2.24) is 4.90 Å². The van der Waals surface area contributed by atoms with Crippen LogP contribution in [0.25, 0.3) is 0 Å². The van der Waals surface area contributed by atoms with Crippen LogP contribution in [0.3, 0.4) is 0 Å². The fraction of sp³-hybridized carbons (Fsp3) is 0.625. The molecule has 1 aliphatic heterocycles. The summed E-state index contributed by atoms with van der Waals surface area (Å²) in [5.74, 6) is 1.75. The molecule has 3 rings (SSSR count). The molecule has 1 aliphatic carbocycles. The van der Waals surface area contributed by atoms with Crippen LogP contribution in [0.4, 0.5) is 0 Å². The highest BCUT2D eigenvalue weighted by Crippen LogP contribution is 2.32. The van der Waals surface area contributed by atoms with Crippen molar-refractivity contribution < 1.29 is 9.47 Å². The molecule has 20 heavy (non-hydrogen) atoms. The van der Waals surface area contributed by atoms with Crippen LogP contribution in [0.1, 0.15) is 24.4 Å². The molecule has 2 atom stereocenters. The Morgan fingerprint density at radius 2 is 2.15 bits per heavy atom. The fourth-order valence-electron chi connectivity index (χ4n) is 2.68. The summed E-state index contributed by atoms with van der Waals surface area (Å²) in [6.07, 6.45) is 2.68. The van der Waals surface area contributed by atoms with Crippen LogP contribution in [0, 0.1) is 5.92 Å². The van der Waals surface area contributed by atoms with Crippen LogP contribution < -0.4 is 10.5 Å². The molecule has 2 N–H and O–H groups in total. The van der Waals surface area contributed by atoms with Crippen LogP contribution in [-0.2, 0) is 4.74 Å². The lowest BCUT2D eigenvalue weighted by atomic mass is 9.96. The van der Waals surface area contributed by atoms with Gasteiger partial charge in [-0.15, -0.1) is 0 Å². The Bertz CT molecular complexity index is 448. The molecule has 1 fully saturated rings. The first kappa shape index (κ1) is 13.9. The van der Waals surface area contributed by atoms with E-state index >= 15 is 0 Å². The van der Waals surface area contributed by atoms with E-state index in [0.29, 0.717) is 6.61 Å². The molecule has 2 aliphatic rings. The number of para-hydroxylation sites is 1. The third kappa shape index (κ3) is 3.14. The summed E-state index contributed by atoms with van der Waals surface area (Å²) in [7, 11) is 2.10. The van der Waals surface area contributed by atoms with Gasteiger partial charge in [-0.2, -0.15) is 0 Å². The number of fused-ring (bicyclic) bond motifs is 1. The molecule has 0 radical (unpaired) electrons. The molecule has 1 aromatic rings. The molecule has 1 saturated carbocycles. The van der Waals surface area contributed by atoms with Crippen LogP contribution in [0.15, 0.2) is 24.3 Å². The normalized spacial score (nSPS) is 25.4. The topological polar surface area (TPSA) is 47.7 Å². The average Bonchev–Trinajstić information content (AvgIpc) is 3.28. The number of ether oxygens (including phenoxy) is 2. The number of nitrogens with zero attached hydrogens (tertiary/aromatic N) is 1. The lowest BCUT2D eigenvalue weighted by Crippen LogP contribution is -2.48. The van der Waals surface area contributed by atoms with Crippen molar-refractivity contribution in [2.24, 2.45) is 11.7 Å². The molecule has 0 spiro atoms. The Hall–Kier alpha value is -1.10. The van der Waals surface area contributed by atoms with Gasteiger partial charge in [0.2, 0.25) is 0 Å². The minimum absolute atomic E-state index is 0.00776. The van der Waals surface area contributed by atoms with Gasteiger partial charge in [0.25, 0.3) is 0 Å². The molecule has 0 amide bonds. The van der Waals surface area contributed by atoms with E-state index in [4.69, 9.17) is 15.2 Å². The minimum atomic E-state index is 0.00776. The second-order valence-corrected chi connectivity index (χ2v) is 5.94. The number of rotatable bonds is 6. The minimum Gasteiger partial charge on any atom is -0.492 e. The molecule has 2 unspecified atom stereocenters. The van der Waals surface area contributed by atoms with Crippen LogP contribution in [-0.4, -0.2) is 44.4 Å². The van der Waals surface area contributed by atoms with Crippen LogP contribution in [0.2, 0.25) is 0 Å². The summed E-state index contributed by atoms with van der Waals surface area (Å²) >= 11 is 0. The van der Waals surface area contributed by atoms with Gasteiger partial charge in [-0.05, 0) is 31.9 Å². The molecule has 110 valence electrons. The second-order valence-electron chi connectivity index (χ2n) is 5.94. The Morgan fingerprint density at radius 3 is 2.95 bits per heavy atom. The Morgan fingerprint density at radius 1 is 1.35 bits per heavy atom. The van der Waals surface area contributed by atoms with Crippen molar-refractivity contribution in [1.29, 1.82) is 0 Å². The maximum Gasteiger partial charge on any atom is 0.124 e. The molecule has 4 nitrogen and oxygen atoms in total. The Labute approximate surface area is 120 Å². The van der Waals surface area contributed by atoms with Gasteiger partial charge in [0.1, 0.15) is 12.4 Å². The quantitative estimate of drug-likeness (QED) is 0.805. The highest BCUT2D eigenvalue weighted by atomic mass is 16.5. The predicted octanol–water partition coefficient (Wildman–Crippen LogP) is 1.81. The van der Waals surface area contributed by atoms with Crippen molar-refractivity contribution in [3.05, 3.63) is 29.8 Å². The van der Waals surface area contributed by atoms with E-state index in [1.807, 2.05) is 18.2 Å². The molecule has 4 heteroatoms. The molecule has 1 heterocycles. The fourth-order valence-corrected chi connectivity index (χ4v) is 2.68. The highest BCUT2D eigenvalue weighted by Gasteiger charge is 2.30. The molecule has 0 bridgehead atoms. The highest BCUT2D eigenvalue weighted by molar-refractivity contribution is 5.38. The lowest BCUT2D eigenvalue weighted by Gasteiger charge is -2.37. The van der Waals surface area contributed by atoms with Gasteiger partial charge in [0.05, 0.1) is 18.7 Å².